The minimum absolute atomic E-state index is 0. The first-order chi connectivity index (χ1) is 16.3. The predicted molar refractivity (Wildman–Crippen MR) is 148 cm³/mol. The number of terminal acetylenes is 1. The van der Waals surface area contributed by atoms with Crippen molar-refractivity contribution >= 4 is 19.8 Å². The maximum atomic E-state index is 12.0. The summed E-state index contributed by atoms with van der Waals surface area (Å²) < 4.78 is 24.7. The van der Waals surface area contributed by atoms with Gasteiger partial charge in [-0.15, -0.1) is 6.42 Å². The summed E-state index contributed by atoms with van der Waals surface area (Å²) in [7, 11) is -5.30. The van der Waals surface area contributed by atoms with Crippen LogP contribution in [-0.4, -0.2) is 31.3 Å². The zero-order valence-corrected chi connectivity index (χ0v) is 26.3. The van der Waals surface area contributed by atoms with Gasteiger partial charge in [0.15, 0.2) is 6.10 Å². The van der Waals surface area contributed by atoms with Gasteiger partial charge in [-0.3, -0.25) is 4.79 Å². The van der Waals surface area contributed by atoms with Crippen LogP contribution in [-0.2, 0) is 28.2 Å². The van der Waals surface area contributed by atoms with Gasteiger partial charge >= 0.3 is 71.1 Å². The molecule has 12 heteroatoms. The second kappa shape index (κ2) is 28.9. The van der Waals surface area contributed by atoms with Crippen LogP contribution in [0.1, 0.15) is 67.6 Å². The fourth-order valence-corrected chi connectivity index (χ4v) is 2.48. The van der Waals surface area contributed by atoms with E-state index in [0.29, 0.717) is 6.42 Å². The Labute approximate surface area is 280 Å². The number of esters is 2. The van der Waals surface area contributed by atoms with E-state index < -0.39 is 39.1 Å². The Bertz CT molecular complexity index is 1120. The molecule has 0 rings (SSSR count). The summed E-state index contributed by atoms with van der Waals surface area (Å²) in [5, 5.41) is 0. The molecule has 208 valence electrons. The Kier molecular flexibility index (Phi) is 33.2. The van der Waals surface area contributed by atoms with E-state index in [1.807, 2.05) is 5.92 Å². The number of rotatable bonds is 13. The van der Waals surface area contributed by atoms with E-state index in [0.717, 1.165) is 32.1 Å². The summed E-state index contributed by atoms with van der Waals surface area (Å²) >= 11 is 0. The van der Waals surface area contributed by atoms with Crippen LogP contribution >= 0.6 is 7.82 Å². The number of carbonyl (C=O) groups is 2. The van der Waals surface area contributed by atoms with Crippen LogP contribution in [0.25, 0.3) is 0 Å². The zero-order valence-electron chi connectivity index (χ0n) is 21.4. The van der Waals surface area contributed by atoms with Crippen molar-refractivity contribution in [3.05, 3.63) is 0 Å². The van der Waals surface area contributed by atoms with Crippen molar-refractivity contribution in [3.63, 3.8) is 0 Å². The van der Waals surface area contributed by atoms with Crippen molar-refractivity contribution in [2.45, 2.75) is 58.0 Å². The second-order valence-corrected chi connectivity index (χ2v) is 7.52. The van der Waals surface area contributed by atoms with E-state index in [2.05, 4.69) is 70.7 Å². The Balaban J connectivity index is -0.0000000598. The summed E-state index contributed by atoms with van der Waals surface area (Å²) in [4.78, 5) is 45.0. The molecule has 0 aromatic carbocycles. The van der Waals surface area contributed by atoms with Crippen molar-refractivity contribution in [1.82, 2.24) is 6.15 Å². The van der Waals surface area contributed by atoms with Crippen molar-refractivity contribution in [1.29, 1.82) is 0 Å². The molecule has 3 N–H and O–H groups in total. The third kappa shape index (κ3) is 32.3. The van der Waals surface area contributed by atoms with E-state index in [9.17, 15) is 23.9 Å². The zero-order chi connectivity index (χ0) is 25.5. The number of hydrogen-bond acceptors (Lipinski definition) is 9. The van der Waals surface area contributed by atoms with Crippen molar-refractivity contribution < 1.29 is 113 Å². The fourth-order valence-electron chi connectivity index (χ4n) is 2.13. The Morgan fingerprint density at radius 3 is 1.92 bits per heavy atom. The van der Waals surface area contributed by atoms with Crippen molar-refractivity contribution in [2.75, 3.05) is 13.2 Å². The summed E-state index contributed by atoms with van der Waals surface area (Å²) in [6.45, 7) is 0.758. The smallest absolute Gasteiger partial charge is 0.790 e. The molecule has 37 heavy (non-hydrogen) atoms. The van der Waals surface area contributed by atoms with Gasteiger partial charge in [-0.1, -0.05) is 39.0 Å². The molecule has 0 aliphatic rings. The third-order valence-electron chi connectivity index (χ3n) is 3.59. The summed E-state index contributed by atoms with van der Waals surface area (Å²) in [6, 6.07) is 0. The Morgan fingerprint density at radius 1 is 0.865 bits per heavy atom. The Morgan fingerprint density at radius 2 is 1.38 bits per heavy atom. The van der Waals surface area contributed by atoms with E-state index in [1.165, 1.54) is 0 Å². The van der Waals surface area contributed by atoms with E-state index in [4.69, 9.17) is 15.9 Å². The standard InChI is InChI=1S/C25H25O8P.H3N.2Na.11H2/c1-3-5-7-9-11-12-13-14-16-17-19-24(26)31-21-23(22-32-34(28,29)30)33-25(27)20-18-15-10-8-6-4-2;;;;;;;;;;;;;;/h1,23H,4,6,8,10,15,18,20-22H2,2H3,(H2,28,29,30);1H3;;;11*1H/q;;2*+1;;;;;;;;;;;/p-2/t23-;;;;;;;;;;;;;;/m1............../s1. The SMILES string of the molecule is C#CC#CC#CC#CC#CC#CC(=O)OC[C@H](COP(=O)([O-])[O-])OC(=O)CCCCCCCC.N.[HH].[HH].[HH].[HH].[HH].[HH].[HH].[HH].[HH].[HH].[HH].[Na+].[Na+]. The van der Waals surface area contributed by atoms with Crippen LogP contribution in [0.2, 0.25) is 0 Å². The third-order valence-corrected chi connectivity index (χ3v) is 4.05. The number of phosphoric ester groups is 1. The molecule has 0 heterocycles. The molecule has 0 saturated heterocycles. The van der Waals surface area contributed by atoms with Crippen LogP contribution in [0, 0.1) is 71.5 Å². The van der Waals surface area contributed by atoms with Gasteiger partial charge in [0.05, 0.1) is 14.4 Å². The topological polar surface area (TPSA) is 160 Å². The van der Waals surface area contributed by atoms with E-state index in [1.54, 1.807) is 0 Å². The van der Waals surface area contributed by atoms with Crippen molar-refractivity contribution in [3.8, 4) is 71.5 Å². The molecule has 9 nitrogen and oxygen atoms in total. The summed E-state index contributed by atoms with van der Waals surface area (Å²) in [5.74, 6) is 23.4. The van der Waals surface area contributed by atoms with Gasteiger partial charge in [0.2, 0.25) is 0 Å². The van der Waals surface area contributed by atoms with Gasteiger partial charge in [-0.05, 0) is 65.6 Å². The van der Waals surface area contributed by atoms with E-state index >= 15 is 0 Å². The second-order valence-electron chi connectivity index (χ2n) is 6.37. The molecule has 0 aliphatic heterocycles. The summed E-state index contributed by atoms with van der Waals surface area (Å²) in [5.41, 5.74) is 0. The first-order valence-electron chi connectivity index (χ1n) is 10.3. The van der Waals surface area contributed by atoms with E-state index in [-0.39, 0.29) is 87.4 Å². The maximum Gasteiger partial charge on any atom is 1.00 e. The minimum Gasteiger partial charge on any atom is -0.790 e. The number of carbonyl (C=O) groups excluding carboxylic acids is 2. The van der Waals surface area contributed by atoms with Crippen LogP contribution in [0.5, 0.6) is 0 Å². The molecule has 0 radical (unpaired) electrons. The molecule has 0 spiro atoms. The van der Waals surface area contributed by atoms with Gasteiger partial charge in [0, 0.05) is 28.0 Å². The molecule has 0 aliphatic carbocycles. The first kappa shape index (κ1) is 42.5. The minimum atomic E-state index is -5.30. The van der Waals surface area contributed by atoms with Gasteiger partial charge in [0.25, 0.3) is 0 Å². The Hall–Kier alpha value is -1.63. The van der Waals surface area contributed by atoms with Gasteiger partial charge in [-0.25, -0.2) is 4.79 Å². The van der Waals surface area contributed by atoms with Crippen LogP contribution in [0.15, 0.2) is 0 Å². The number of ether oxygens (including phenoxy) is 2. The van der Waals surface area contributed by atoms with Gasteiger partial charge in [-0.2, -0.15) is 0 Å². The molecule has 0 bridgehead atoms. The molecule has 0 aromatic heterocycles. The average molecular weight is 568 g/mol. The van der Waals surface area contributed by atoms with Crippen LogP contribution in [0.4, 0.5) is 0 Å². The predicted octanol–water partition coefficient (Wildman–Crippen LogP) is -2.44. The molecule has 0 aromatic rings. The van der Waals surface area contributed by atoms with Crippen LogP contribution < -0.4 is 75.1 Å². The fraction of sp³-hybridized carbons (Fsp3) is 0.440. The largest absolute Gasteiger partial charge is 1.00 e. The average Bonchev–Trinajstić information content (AvgIpc) is 2.78. The summed E-state index contributed by atoms with van der Waals surface area (Å²) in [6.07, 6.45) is 9.45. The number of hydrogen-bond donors (Lipinski definition) is 1. The van der Waals surface area contributed by atoms with Crippen LogP contribution in [0.3, 0.4) is 0 Å². The number of phosphoric acid groups is 1. The molecular weight excluding hydrogens is 519 g/mol. The normalized spacial score (nSPS) is 9.03. The van der Waals surface area contributed by atoms with Crippen molar-refractivity contribution in [2.24, 2.45) is 0 Å². The first-order valence-corrected chi connectivity index (χ1v) is 11.7. The molecule has 0 saturated carbocycles. The molecule has 0 amide bonds. The molecule has 1 atom stereocenters. The number of unbranched alkanes of at least 4 members (excludes halogenated alkanes) is 5. The van der Waals surface area contributed by atoms with Gasteiger partial charge < -0.3 is 34.5 Å². The monoisotopic (exact) mass is 567 g/mol. The maximum absolute atomic E-state index is 12.0. The van der Waals surface area contributed by atoms with Gasteiger partial charge in [0.1, 0.15) is 6.61 Å². The molecule has 0 fully saturated rings. The molecule has 0 unspecified atom stereocenters. The molecular formula is C25H48NNa2O8P. The quantitative estimate of drug-likeness (QED) is 0.0637.